The molecule has 4 rings (SSSR count). The van der Waals surface area contributed by atoms with Crippen LogP contribution in [0.1, 0.15) is 17.3 Å². The Balaban J connectivity index is 0.000000360. The van der Waals surface area contributed by atoms with Crippen LogP contribution in [0.25, 0.3) is 22.2 Å². The van der Waals surface area contributed by atoms with Crippen LogP contribution in [-0.4, -0.2) is 38.0 Å². The number of halogens is 3. The lowest BCUT2D eigenvalue weighted by molar-refractivity contribution is -0.192. The van der Waals surface area contributed by atoms with E-state index in [1.54, 1.807) is 6.20 Å². The Hall–Kier alpha value is -3.33. The fourth-order valence-electron chi connectivity index (χ4n) is 3.07. The van der Waals surface area contributed by atoms with Gasteiger partial charge in [-0.25, -0.2) is 9.78 Å². The number of benzene rings is 2. The number of hydrogen-bond donors (Lipinski definition) is 3. The van der Waals surface area contributed by atoms with Gasteiger partial charge in [-0.3, -0.25) is 4.98 Å². The molecule has 0 saturated heterocycles. The molecule has 166 valence electrons. The van der Waals surface area contributed by atoms with Crippen molar-refractivity contribution in [3.05, 3.63) is 84.4 Å². The molecule has 0 spiro atoms. The molecule has 2 heterocycles. The minimum absolute atomic E-state index is 0.248. The first-order valence-corrected chi connectivity index (χ1v) is 10.3. The van der Waals surface area contributed by atoms with Crippen LogP contribution < -0.4 is 0 Å². The van der Waals surface area contributed by atoms with Gasteiger partial charge in [-0.05, 0) is 29.2 Å². The van der Waals surface area contributed by atoms with E-state index in [-0.39, 0.29) is 5.92 Å². The highest BCUT2D eigenvalue weighted by atomic mass is 32.1. The molecule has 0 aliphatic rings. The van der Waals surface area contributed by atoms with Gasteiger partial charge in [0.05, 0.1) is 17.2 Å². The maximum atomic E-state index is 10.6. The number of thiol groups is 1. The van der Waals surface area contributed by atoms with Crippen LogP contribution in [0.15, 0.2) is 73.1 Å². The molecule has 4 aromatic rings. The number of carbonyl (C=O) groups is 1. The Morgan fingerprint density at radius 3 is 2.22 bits per heavy atom. The topological polar surface area (TPSA) is 78.9 Å². The summed E-state index contributed by atoms with van der Waals surface area (Å²) in [5, 5.41) is 7.12. The second-order valence-electron chi connectivity index (χ2n) is 6.96. The first-order valence-electron chi connectivity index (χ1n) is 9.63. The third-order valence-corrected chi connectivity index (χ3v) is 5.14. The molecule has 0 unspecified atom stereocenters. The molecular formula is C23H20F3N3O2S. The molecule has 0 aliphatic carbocycles. The number of fused-ring (bicyclic) bond motifs is 1. The van der Waals surface area contributed by atoms with Gasteiger partial charge in [0.1, 0.15) is 5.82 Å². The van der Waals surface area contributed by atoms with E-state index in [2.05, 4.69) is 71.1 Å². The first kappa shape index (κ1) is 23.3. The van der Waals surface area contributed by atoms with Crippen molar-refractivity contribution in [2.45, 2.75) is 18.5 Å². The number of aromatic nitrogens is 3. The summed E-state index contributed by atoms with van der Waals surface area (Å²) in [5.41, 5.74) is 5.70. The number of nitrogens with one attached hydrogen (secondary N) is 1. The van der Waals surface area contributed by atoms with Gasteiger partial charge in [-0.2, -0.15) is 25.8 Å². The second-order valence-corrected chi connectivity index (χ2v) is 7.33. The zero-order chi connectivity index (χ0) is 23.1. The normalized spacial score (nSPS) is 12.1. The van der Waals surface area contributed by atoms with E-state index < -0.39 is 12.1 Å². The standard InChI is InChI=1S/C21H19N3S.C2HF3O2/c25-14-18(21-23-19-10-11-22-13-20(19)24-21)12-15-6-8-17(9-7-15)16-4-2-1-3-5-16;3-2(4,5)1(6)7/h1-11,13,18,25H,12,14H2,(H,23,24);(H,6,7)/t18-;/m1./s1. The average Bonchev–Trinajstić information content (AvgIpc) is 3.22. The van der Waals surface area contributed by atoms with E-state index in [1.165, 1.54) is 16.7 Å². The molecule has 0 radical (unpaired) electrons. The van der Waals surface area contributed by atoms with Crippen molar-refractivity contribution in [1.29, 1.82) is 0 Å². The van der Waals surface area contributed by atoms with Crippen molar-refractivity contribution >= 4 is 29.6 Å². The van der Waals surface area contributed by atoms with Crippen LogP contribution >= 0.6 is 12.6 Å². The molecule has 1 atom stereocenters. The summed E-state index contributed by atoms with van der Waals surface area (Å²) in [6.07, 6.45) is -0.590. The minimum Gasteiger partial charge on any atom is -0.475 e. The molecule has 5 nitrogen and oxygen atoms in total. The van der Waals surface area contributed by atoms with E-state index in [1.807, 2.05) is 18.3 Å². The quantitative estimate of drug-likeness (QED) is 0.344. The van der Waals surface area contributed by atoms with Gasteiger partial charge in [-0.1, -0.05) is 54.6 Å². The highest BCUT2D eigenvalue weighted by Gasteiger charge is 2.38. The Kier molecular flexibility index (Phi) is 7.53. The molecule has 2 N–H and O–H groups in total. The highest BCUT2D eigenvalue weighted by Crippen LogP contribution is 2.25. The fourth-order valence-corrected chi connectivity index (χ4v) is 3.37. The van der Waals surface area contributed by atoms with Crippen LogP contribution in [0.5, 0.6) is 0 Å². The number of imidazole rings is 1. The summed E-state index contributed by atoms with van der Waals surface area (Å²) >= 11 is 4.54. The summed E-state index contributed by atoms with van der Waals surface area (Å²) in [4.78, 5) is 21.1. The van der Waals surface area contributed by atoms with Crippen LogP contribution in [0.4, 0.5) is 13.2 Å². The van der Waals surface area contributed by atoms with Gasteiger partial charge in [0, 0.05) is 17.9 Å². The molecule has 0 aliphatic heterocycles. The van der Waals surface area contributed by atoms with Crippen molar-refractivity contribution in [3.8, 4) is 11.1 Å². The number of H-pyrrole nitrogens is 1. The summed E-state index contributed by atoms with van der Waals surface area (Å²) in [7, 11) is 0. The van der Waals surface area contributed by atoms with Crippen molar-refractivity contribution in [2.24, 2.45) is 0 Å². The lowest BCUT2D eigenvalue weighted by Crippen LogP contribution is -2.21. The van der Waals surface area contributed by atoms with Crippen molar-refractivity contribution < 1.29 is 23.1 Å². The Labute approximate surface area is 187 Å². The Bertz CT molecular complexity index is 1130. The lowest BCUT2D eigenvalue weighted by Gasteiger charge is -2.12. The van der Waals surface area contributed by atoms with Crippen LogP contribution in [0.2, 0.25) is 0 Å². The second kappa shape index (κ2) is 10.3. The third kappa shape index (κ3) is 6.10. The molecule has 9 heteroatoms. The number of nitrogens with zero attached hydrogens (tertiary/aromatic N) is 2. The highest BCUT2D eigenvalue weighted by molar-refractivity contribution is 7.80. The van der Waals surface area contributed by atoms with Gasteiger partial charge < -0.3 is 10.1 Å². The summed E-state index contributed by atoms with van der Waals surface area (Å²) in [5.74, 6) is -0.788. The van der Waals surface area contributed by atoms with Gasteiger partial charge in [-0.15, -0.1) is 0 Å². The van der Waals surface area contributed by atoms with Crippen molar-refractivity contribution in [2.75, 3.05) is 5.75 Å². The van der Waals surface area contributed by atoms with E-state index >= 15 is 0 Å². The maximum absolute atomic E-state index is 10.6. The molecular weight excluding hydrogens is 439 g/mol. The Morgan fingerprint density at radius 1 is 1.03 bits per heavy atom. The van der Waals surface area contributed by atoms with Crippen molar-refractivity contribution in [3.63, 3.8) is 0 Å². The predicted octanol–water partition coefficient (Wildman–Crippen LogP) is 5.51. The third-order valence-electron chi connectivity index (χ3n) is 4.69. The molecule has 0 bridgehead atoms. The summed E-state index contributed by atoms with van der Waals surface area (Å²) < 4.78 is 31.7. The monoisotopic (exact) mass is 459 g/mol. The number of carboxylic acids is 1. The zero-order valence-electron chi connectivity index (χ0n) is 16.8. The SMILES string of the molecule is O=C(O)C(F)(F)F.SC[C@@H](Cc1ccc(-c2ccccc2)cc1)c1nc2ccncc2[nH]1. The van der Waals surface area contributed by atoms with Gasteiger partial charge in [0.2, 0.25) is 0 Å². The van der Waals surface area contributed by atoms with Gasteiger partial charge in [0.25, 0.3) is 0 Å². The number of aromatic amines is 1. The molecule has 0 amide bonds. The summed E-state index contributed by atoms with van der Waals surface area (Å²) in [6, 6.07) is 21.1. The average molecular weight is 459 g/mol. The lowest BCUT2D eigenvalue weighted by atomic mass is 9.97. The van der Waals surface area contributed by atoms with Gasteiger partial charge >= 0.3 is 12.1 Å². The largest absolute Gasteiger partial charge is 0.490 e. The number of hydrogen-bond acceptors (Lipinski definition) is 4. The molecule has 32 heavy (non-hydrogen) atoms. The number of rotatable bonds is 5. The number of carboxylic acid groups (broad SMARTS) is 1. The Morgan fingerprint density at radius 2 is 1.66 bits per heavy atom. The smallest absolute Gasteiger partial charge is 0.475 e. The van der Waals surface area contributed by atoms with E-state index in [0.717, 1.165) is 29.0 Å². The van der Waals surface area contributed by atoms with E-state index in [9.17, 15) is 13.2 Å². The zero-order valence-corrected chi connectivity index (χ0v) is 17.6. The number of aliphatic carboxylic acids is 1. The fraction of sp³-hybridized carbons (Fsp3) is 0.174. The molecule has 0 saturated carbocycles. The molecule has 0 fully saturated rings. The number of pyridine rings is 1. The van der Waals surface area contributed by atoms with Gasteiger partial charge in [0.15, 0.2) is 0 Å². The summed E-state index contributed by atoms with van der Waals surface area (Å²) in [6.45, 7) is 0. The van der Waals surface area contributed by atoms with Crippen molar-refractivity contribution in [1.82, 2.24) is 15.0 Å². The maximum Gasteiger partial charge on any atom is 0.490 e. The van der Waals surface area contributed by atoms with E-state index in [0.29, 0.717) is 0 Å². The minimum atomic E-state index is -5.08. The van der Waals surface area contributed by atoms with Crippen LogP contribution in [0, 0.1) is 0 Å². The molecule has 2 aromatic carbocycles. The molecule has 2 aromatic heterocycles. The van der Waals surface area contributed by atoms with Crippen LogP contribution in [0.3, 0.4) is 0 Å². The van der Waals surface area contributed by atoms with E-state index in [4.69, 9.17) is 14.9 Å². The van der Waals surface area contributed by atoms with Crippen LogP contribution in [-0.2, 0) is 11.2 Å². The number of alkyl halides is 3. The first-order chi connectivity index (χ1) is 15.3. The predicted molar refractivity (Wildman–Crippen MR) is 120 cm³/mol.